The second-order valence-corrected chi connectivity index (χ2v) is 4.56. The Bertz CT molecular complexity index is 676. The largest absolute Gasteiger partial charge is 0.434 e. The van der Waals surface area contributed by atoms with Crippen LogP contribution in [-0.4, -0.2) is 34.0 Å². The van der Waals surface area contributed by atoms with Crippen LogP contribution in [0.1, 0.15) is 22.7 Å². The van der Waals surface area contributed by atoms with Gasteiger partial charge in [-0.1, -0.05) is 12.1 Å². The molecular weight excluding hydrogens is 318 g/mol. The van der Waals surface area contributed by atoms with Crippen LogP contribution in [-0.2, 0) is 6.54 Å². The van der Waals surface area contributed by atoms with Crippen LogP contribution < -0.4 is 4.74 Å². The van der Waals surface area contributed by atoms with Crippen molar-refractivity contribution >= 4 is 5.91 Å². The number of hydrogen-bond acceptors (Lipinski definition) is 3. The van der Waals surface area contributed by atoms with Crippen molar-refractivity contribution in [2.24, 2.45) is 0 Å². The minimum atomic E-state index is -3.08. The van der Waals surface area contributed by atoms with Crippen LogP contribution in [0.15, 0.2) is 36.7 Å². The van der Waals surface area contributed by atoms with Gasteiger partial charge < -0.3 is 9.64 Å². The van der Waals surface area contributed by atoms with E-state index in [1.54, 1.807) is 0 Å². The van der Waals surface area contributed by atoms with E-state index in [1.807, 2.05) is 0 Å². The third-order valence-corrected chi connectivity index (χ3v) is 3.02. The predicted molar refractivity (Wildman–Crippen MR) is 72.4 cm³/mol. The second-order valence-electron chi connectivity index (χ2n) is 4.56. The van der Waals surface area contributed by atoms with Crippen LogP contribution in [0.4, 0.5) is 17.6 Å². The summed E-state index contributed by atoms with van der Waals surface area (Å²) in [6.07, 6.45) is 2.28. The smallest absolute Gasteiger partial charge is 0.387 e. The van der Waals surface area contributed by atoms with Gasteiger partial charge in [-0.2, -0.15) is 17.6 Å². The lowest BCUT2D eigenvalue weighted by Gasteiger charge is -2.19. The highest BCUT2D eigenvalue weighted by Gasteiger charge is 2.21. The number of halogens is 4. The Labute approximate surface area is 129 Å². The second kappa shape index (κ2) is 7.12. The summed E-state index contributed by atoms with van der Waals surface area (Å²) in [6.45, 7) is -6.07. The van der Waals surface area contributed by atoms with Crippen molar-refractivity contribution in [2.75, 3.05) is 7.05 Å². The van der Waals surface area contributed by atoms with Gasteiger partial charge in [-0.3, -0.25) is 9.36 Å². The molecule has 0 spiro atoms. The van der Waals surface area contributed by atoms with Gasteiger partial charge in [0.2, 0.25) is 0 Å². The van der Waals surface area contributed by atoms with Gasteiger partial charge in [0.15, 0.2) is 0 Å². The minimum Gasteiger partial charge on any atom is -0.434 e. The highest BCUT2D eigenvalue weighted by atomic mass is 19.3. The van der Waals surface area contributed by atoms with Crippen molar-refractivity contribution < 1.29 is 27.1 Å². The summed E-state index contributed by atoms with van der Waals surface area (Å²) in [4.78, 5) is 17.2. The standard InChI is InChI=1S/C14H13F4N3O2/c1-20(8-11-19-6-7-21(11)13(15)16)12(22)9-4-2-3-5-10(9)23-14(17)18/h2-7,13-14H,8H2,1H3. The van der Waals surface area contributed by atoms with Gasteiger partial charge in [0.1, 0.15) is 11.6 Å². The van der Waals surface area contributed by atoms with E-state index in [0.29, 0.717) is 4.57 Å². The maximum atomic E-state index is 12.8. The summed E-state index contributed by atoms with van der Waals surface area (Å²) in [5.41, 5.74) is -0.0922. The molecule has 1 aromatic heterocycles. The van der Waals surface area contributed by atoms with E-state index in [1.165, 1.54) is 37.5 Å². The molecule has 0 saturated heterocycles. The third kappa shape index (κ3) is 3.99. The number of amides is 1. The molecule has 124 valence electrons. The molecular formula is C14H13F4N3O2. The van der Waals surface area contributed by atoms with E-state index in [4.69, 9.17) is 0 Å². The summed E-state index contributed by atoms with van der Waals surface area (Å²) in [5.74, 6) is -0.954. The maximum Gasteiger partial charge on any atom is 0.387 e. The lowest BCUT2D eigenvalue weighted by atomic mass is 10.2. The maximum absolute atomic E-state index is 12.8. The topological polar surface area (TPSA) is 47.4 Å². The first-order valence-electron chi connectivity index (χ1n) is 6.49. The Morgan fingerprint density at radius 3 is 2.65 bits per heavy atom. The molecule has 9 heteroatoms. The lowest BCUT2D eigenvalue weighted by Crippen LogP contribution is -2.28. The number of rotatable bonds is 6. The molecule has 0 unspecified atom stereocenters. The monoisotopic (exact) mass is 331 g/mol. The zero-order chi connectivity index (χ0) is 17.0. The van der Waals surface area contributed by atoms with Crippen LogP contribution in [0.5, 0.6) is 5.75 Å². The molecule has 0 aliphatic rings. The zero-order valence-electron chi connectivity index (χ0n) is 12.0. The molecule has 1 aromatic carbocycles. The molecule has 2 aromatic rings. The van der Waals surface area contributed by atoms with Gasteiger partial charge in [0, 0.05) is 19.4 Å². The highest BCUT2D eigenvalue weighted by molar-refractivity contribution is 5.96. The molecule has 2 rings (SSSR count). The molecule has 5 nitrogen and oxygen atoms in total. The number of carbonyl (C=O) groups is 1. The molecule has 0 radical (unpaired) electrons. The van der Waals surface area contributed by atoms with Gasteiger partial charge >= 0.3 is 13.2 Å². The minimum absolute atomic E-state index is 0.0249. The number of imidazole rings is 1. The van der Waals surface area contributed by atoms with Gasteiger partial charge in [0.25, 0.3) is 5.91 Å². The number of aromatic nitrogens is 2. The first kappa shape index (κ1) is 16.8. The fourth-order valence-electron chi connectivity index (χ4n) is 1.98. The van der Waals surface area contributed by atoms with Gasteiger partial charge in [-0.25, -0.2) is 4.98 Å². The number of carbonyl (C=O) groups excluding carboxylic acids is 1. The van der Waals surface area contributed by atoms with E-state index < -0.39 is 19.1 Å². The molecule has 1 amide bonds. The van der Waals surface area contributed by atoms with E-state index in [0.717, 1.165) is 11.1 Å². The molecule has 0 bridgehead atoms. The van der Waals surface area contributed by atoms with Gasteiger partial charge in [0.05, 0.1) is 12.1 Å². The normalized spacial score (nSPS) is 11.1. The first-order chi connectivity index (χ1) is 10.9. The Morgan fingerprint density at radius 1 is 1.30 bits per heavy atom. The van der Waals surface area contributed by atoms with Crippen LogP contribution in [0.2, 0.25) is 0 Å². The predicted octanol–water partition coefficient (Wildman–Crippen LogP) is 3.15. The van der Waals surface area contributed by atoms with Crippen LogP contribution in [0.3, 0.4) is 0 Å². The molecule has 0 saturated carbocycles. The van der Waals surface area contributed by atoms with Gasteiger partial charge in [-0.05, 0) is 12.1 Å². The van der Waals surface area contributed by atoms with Crippen LogP contribution in [0.25, 0.3) is 0 Å². The van der Waals surface area contributed by atoms with E-state index in [9.17, 15) is 22.4 Å². The van der Waals surface area contributed by atoms with Crippen molar-refractivity contribution in [3.05, 3.63) is 48.0 Å². The summed E-state index contributed by atoms with van der Waals surface area (Å²) >= 11 is 0. The molecule has 0 atom stereocenters. The highest BCUT2D eigenvalue weighted by Crippen LogP contribution is 2.22. The summed E-state index contributed by atoms with van der Waals surface area (Å²) in [7, 11) is 1.35. The van der Waals surface area contributed by atoms with Crippen LogP contribution >= 0.6 is 0 Å². The Morgan fingerprint density at radius 2 is 2.00 bits per heavy atom. The molecule has 0 aliphatic carbocycles. The summed E-state index contributed by atoms with van der Waals surface area (Å²) in [6, 6.07) is 5.47. The molecule has 23 heavy (non-hydrogen) atoms. The molecule has 0 N–H and O–H groups in total. The van der Waals surface area contributed by atoms with Crippen LogP contribution in [0, 0.1) is 0 Å². The first-order valence-corrected chi connectivity index (χ1v) is 6.49. The fraction of sp³-hybridized carbons (Fsp3) is 0.286. The zero-order valence-corrected chi connectivity index (χ0v) is 12.0. The average molecular weight is 331 g/mol. The lowest BCUT2D eigenvalue weighted by molar-refractivity contribution is -0.0502. The number of para-hydroxylation sites is 1. The third-order valence-electron chi connectivity index (χ3n) is 3.02. The SMILES string of the molecule is CN(Cc1nccn1C(F)F)C(=O)c1ccccc1OC(F)F. The Kier molecular flexibility index (Phi) is 5.20. The van der Waals surface area contributed by atoms with Gasteiger partial charge in [-0.15, -0.1) is 0 Å². The summed E-state index contributed by atoms with van der Waals surface area (Å²) in [5, 5.41) is 0. The summed E-state index contributed by atoms with van der Waals surface area (Å²) < 4.78 is 55.2. The van der Waals surface area contributed by atoms with Crippen molar-refractivity contribution in [3.8, 4) is 5.75 Å². The molecule has 0 fully saturated rings. The van der Waals surface area contributed by atoms with E-state index >= 15 is 0 Å². The quantitative estimate of drug-likeness (QED) is 0.764. The van der Waals surface area contributed by atoms with Crippen molar-refractivity contribution in [1.29, 1.82) is 0 Å². The Hall–Kier alpha value is -2.58. The number of alkyl halides is 4. The Balaban J connectivity index is 2.18. The molecule has 1 heterocycles. The molecule has 0 aliphatic heterocycles. The number of hydrogen-bond donors (Lipinski definition) is 0. The number of nitrogens with zero attached hydrogens (tertiary/aromatic N) is 3. The fourth-order valence-corrected chi connectivity index (χ4v) is 1.98. The van der Waals surface area contributed by atoms with Crippen molar-refractivity contribution in [2.45, 2.75) is 19.7 Å². The van der Waals surface area contributed by atoms with E-state index in [2.05, 4.69) is 9.72 Å². The van der Waals surface area contributed by atoms with Crippen molar-refractivity contribution in [1.82, 2.24) is 14.5 Å². The van der Waals surface area contributed by atoms with E-state index in [-0.39, 0.29) is 23.7 Å². The average Bonchev–Trinajstić information content (AvgIpc) is 2.94. The number of ether oxygens (including phenoxy) is 1. The number of benzene rings is 1. The van der Waals surface area contributed by atoms with Crippen molar-refractivity contribution in [3.63, 3.8) is 0 Å².